The topological polar surface area (TPSA) is 37.8 Å². The number of anilines is 2. The summed E-state index contributed by atoms with van der Waals surface area (Å²) in [7, 11) is 0. The number of nitrogens with zero attached hydrogens (tertiary/aromatic N) is 2. The van der Waals surface area contributed by atoms with Crippen LogP contribution in [0.5, 0.6) is 0 Å². The van der Waals surface area contributed by atoms with Crippen LogP contribution in [-0.2, 0) is 5.75 Å². The molecule has 0 amide bonds. The van der Waals surface area contributed by atoms with Crippen molar-refractivity contribution in [1.29, 1.82) is 0 Å². The van der Waals surface area contributed by atoms with Crippen LogP contribution < -0.4 is 5.32 Å². The molecule has 3 nitrogen and oxygen atoms in total. The van der Waals surface area contributed by atoms with Crippen LogP contribution in [0.3, 0.4) is 0 Å². The molecule has 3 aromatic rings. The predicted molar refractivity (Wildman–Crippen MR) is 105 cm³/mol. The molecule has 0 saturated carbocycles. The van der Waals surface area contributed by atoms with Gasteiger partial charge in [-0.15, -0.1) is 10.2 Å². The van der Waals surface area contributed by atoms with E-state index in [4.69, 9.17) is 23.2 Å². The molecule has 0 atom stereocenters. The zero-order chi connectivity index (χ0) is 17.1. The number of hydrogen-bond donors (Lipinski definition) is 1. The quantitative estimate of drug-likeness (QED) is 0.500. The molecule has 0 saturated heterocycles. The molecule has 1 N–H and O–H groups in total. The van der Waals surface area contributed by atoms with Gasteiger partial charge in [-0.1, -0.05) is 58.4 Å². The maximum atomic E-state index is 6.19. The molecule has 1 heterocycles. The molecule has 3 rings (SSSR count). The molecule has 0 fully saturated rings. The molecular weight excluding hydrogens is 381 g/mol. The minimum Gasteiger partial charge on any atom is -0.330 e. The lowest BCUT2D eigenvalue weighted by Crippen LogP contribution is -1.91. The van der Waals surface area contributed by atoms with Crippen molar-refractivity contribution in [2.45, 2.75) is 23.9 Å². The highest BCUT2D eigenvalue weighted by Gasteiger charge is 2.08. The molecule has 0 radical (unpaired) electrons. The highest BCUT2D eigenvalue weighted by molar-refractivity contribution is 8.00. The minimum absolute atomic E-state index is 0.643. The number of aromatic nitrogens is 2. The fraction of sp³-hybridized carbons (Fsp3) is 0.176. The molecule has 1 aromatic heterocycles. The Bertz CT molecular complexity index is 865. The van der Waals surface area contributed by atoms with Gasteiger partial charge in [0, 0.05) is 21.5 Å². The molecule has 24 heavy (non-hydrogen) atoms. The second-order valence-electron chi connectivity index (χ2n) is 5.32. The number of aryl methyl sites for hydroxylation is 2. The molecule has 0 spiro atoms. The first-order chi connectivity index (χ1) is 11.5. The summed E-state index contributed by atoms with van der Waals surface area (Å²) in [6.45, 7) is 4.19. The first-order valence-corrected chi connectivity index (χ1v) is 9.81. The Morgan fingerprint density at radius 3 is 2.62 bits per heavy atom. The van der Waals surface area contributed by atoms with E-state index in [-0.39, 0.29) is 0 Å². The van der Waals surface area contributed by atoms with Crippen LogP contribution in [0.4, 0.5) is 10.8 Å². The van der Waals surface area contributed by atoms with Gasteiger partial charge in [-0.2, -0.15) is 0 Å². The van der Waals surface area contributed by atoms with E-state index < -0.39 is 0 Å². The number of hydrogen-bond acceptors (Lipinski definition) is 5. The first-order valence-electron chi connectivity index (χ1n) is 7.26. The summed E-state index contributed by atoms with van der Waals surface area (Å²) in [5.74, 6) is 0.730. The SMILES string of the molecule is Cc1ccc(Nc2nnc(SCc3ccc(Cl)cc3Cl)s2)cc1C. The van der Waals surface area contributed by atoms with Gasteiger partial charge in [-0.25, -0.2) is 0 Å². The zero-order valence-electron chi connectivity index (χ0n) is 13.1. The van der Waals surface area contributed by atoms with E-state index in [1.165, 1.54) is 22.5 Å². The van der Waals surface area contributed by atoms with Crippen LogP contribution >= 0.6 is 46.3 Å². The number of thioether (sulfide) groups is 1. The average Bonchev–Trinajstić information content (AvgIpc) is 2.98. The summed E-state index contributed by atoms with van der Waals surface area (Å²) in [5.41, 5.74) is 4.57. The van der Waals surface area contributed by atoms with Crippen LogP contribution in [0.1, 0.15) is 16.7 Å². The Hall–Kier alpha value is -1.27. The van der Waals surface area contributed by atoms with E-state index in [0.29, 0.717) is 10.0 Å². The predicted octanol–water partition coefficient (Wildman–Crippen LogP) is 6.50. The molecule has 0 unspecified atom stereocenters. The van der Waals surface area contributed by atoms with Gasteiger partial charge in [0.25, 0.3) is 0 Å². The molecule has 0 bridgehead atoms. The van der Waals surface area contributed by atoms with Crippen molar-refractivity contribution in [3.8, 4) is 0 Å². The summed E-state index contributed by atoms with van der Waals surface area (Å²) >= 11 is 15.2. The van der Waals surface area contributed by atoms with Crippen molar-refractivity contribution in [2.24, 2.45) is 0 Å². The summed E-state index contributed by atoms with van der Waals surface area (Å²) in [6, 6.07) is 11.8. The third-order valence-electron chi connectivity index (χ3n) is 3.53. The normalized spacial score (nSPS) is 10.8. The lowest BCUT2D eigenvalue weighted by atomic mass is 10.1. The maximum absolute atomic E-state index is 6.19. The minimum atomic E-state index is 0.643. The molecule has 0 aliphatic heterocycles. The largest absolute Gasteiger partial charge is 0.330 e. The lowest BCUT2D eigenvalue weighted by molar-refractivity contribution is 1.01. The van der Waals surface area contributed by atoms with Crippen molar-refractivity contribution in [3.05, 3.63) is 63.1 Å². The van der Waals surface area contributed by atoms with Crippen molar-refractivity contribution in [1.82, 2.24) is 10.2 Å². The van der Waals surface area contributed by atoms with Crippen LogP contribution in [0, 0.1) is 13.8 Å². The molecule has 0 aliphatic rings. The smallest absolute Gasteiger partial charge is 0.210 e. The highest BCUT2D eigenvalue weighted by atomic mass is 35.5. The monoisotopic (exact) mass is 395 g/mol. The van der Waals surface area contributed by atoms with Gasteiger partial charge in [0.05, 0.1) is 0 Å². The van der Waals surface area contributed by atoms with E-state index in [9.17, 15) is 0 Å². The second kappa shape index (κ2) is 7.74. The van der Waals surface area contributed by atoms with Gasteiger partial charge >= 0.3 is 0 Å². The van der Waals surface area contributed by atoms with Crippen LogP contribution in [0.2, 0.25) is 10.0 Å². The fourth-order valence-corrected chi connectivity index (χ4v) is 4.37. The fourth-order valence-electron chi connectivity index (χ4n) is 2.04. The molecule has 124 valence electrons. The van der Waals surface area contributed by atoms with Crippen molar-refractivity contribution >= 4 is 57.1 Å². The van der Waals surface area contributed by atoms with Gasteiger partial charge in [0.15, 0.2) is 4.34 Å². The van der Waals surface area contributed by atoms with E-state index in [0.717, 1.165) is 26.5 Å². The van der Waals surface area contributed by atoms with Crippen molar-refractivity contribution in [2.75, 3.05) is 5.32 Å². The lowest BCUT2D eigenvalue weighted by Gasteiger charge is -2.05. The third kappa shape index (κ3) is 4.42. The van der Waals surface area contributed by atoms with E-state index in [1.807, 2.05) is 18.2 Å². The van der Waals surface area contributed by atoms with Gasteiger partial charge in [-0.05, 0) is 54.8 Å². The standard InChI is InChI=1S/C17H15Cl2N3S2/c1-10-3-6-14(7-11(10)2)20-16-21-22-17(24-16)23-9-12-4-5-13(18)8-15(12)19/h3-8H,9H2,1-2H3,(H,20,21). The van der Waals surface area contributed by atoms with Crippen molar-refractivity contribution in [3.63, 3.8) is 0 Å². The van der Waals surface area contributed by atoms with Gasteiger partial charge in [-0.3, -0.25) is 0 Å². The van der Waals surface area contributed by atoms with Crippen LogP contribution in [0.25, 0.3) is 0 Å². The Balaban J connectivity index is 1.63. The van der Waals surface area contributed by atoms with Gasteiger partial charge in [0.1, 0.15) is 0 Å². The number of benzene rings is 2. The third-order valence-corrected chi connectivity index (χ3v) is 6.14. The highest BCUT2D eigenvalue weighted by Crippen LogP contribution is 2.32. The van der Waals surface area contributed by atoms with Crippen molar-refractivity contribution < 1.29 is 0 Å². The van der Waals surface area contributed by atoms with E-state index in [1.54, 1.807) is 17.8 Å². The van der Waals surface area contributed by atoms with E-state index in [2.05, 4.69) is 41.5 Å². The molecule has 2 aromatic carbocycles. The average molecular weight is 396 g/mol. The summed E-state index contributed by atoms with van der Waals surface area (Å²) < 4.78 is 0.896. The zero-order valence-corrected chi connectivity index (χ0v) is 16.3. The number of rotatable bonds is 5. The Morgan fingerprint density at radius 2 is 1.88 bits per heavy atom. The Kier molecular flexibility index (Phi) is 5.66. The Labute approximate surface area is 159 Å². The number of halogens is 2. The maximum Gasteiger partial charge on any atom is 0.210 e. The second-order valence-corrected chi connectivity index (χ2v) is 8.37. The summed E-state index contributed by atoms with van der Waals surface area (Å²) in [6.07, 6.45) is 0. The first kappa shape index (κ1) is 17.5. The number of nitrogens with one attached hydrogen (secondary N) is 1. The molecular formula is C17H15Cl2N3S2. The van der Waals surface area contributed by atoms with Gasteiger partial charge in [0.2, 0.25) is 5.13 Å². The van der Waals surface area contributed by atoms with Crippen LogP contribution in [0.15, 0.2) is 40.7 Å². The van der Waals surface area contributed by atoms with Gasteiger partial charge < -0.3 is 5.32 Å². The summed E-state index contributed by atoms with van der Waals surface area (Å²) in [5, 5.41) is 13.8. The Morgan fingerprint density at radius 1 is 1.04 bits per heavy atom. The van der Waals surface area contributed by atoms with E-state index >= 15 is 0 Å². The molecule has 0 aliphatic carbocycles. The summed E-state index contributed by atoms with van der Waals surface area (Å²) in [4.78, 5) is 0. The molecule has 7 heteroatoms. The van der Waals surface area contributed by atoms with Crippen LogP contribution in [-0.4, -0.2) is 10.2 Å².